The van der Waals surface area contributed by atoms with Crippen LogP contribution in [0.15, 0.2) is 77.1 Å². The Kier molecular flexibility index (Phi) is 6.73. The van der Waals surface area contributed by atoms with Crippen LogP contribution in [0, 0.1) is 6.92 Å². The number of sulfonamides is 1. The predicted molar refractivity (Wildman–Crippen MR) is 119 cm³/mol. The Morgan fingerprint density at radius 3 is 2.50 bits per heavy atom. The third-order valence-electron chi connectivity index (χ3n) is 4.24. The van der Waals surface area contributed by atoms with Crippen molar-refractivity contribution in [3.8, 4) is 0 Å². The fourth-order valence-corrected chi connectivity index (χ4v) is 5.62. The van der Waals surface area contributed by atoms with Crippen LogP contribution in [-0.2, 0) is 19.6 Å². The Hall–Kier alpha value is -2.91. The van der Waals surface area contributed by atoms with Gasteiger partial charge >= 0.3 is 0 Å². The summed E-state index contributed by atoms with van der Waals surface area (Å²) in [5.74, 6) is -1.07. The van der Waals surface area contributed by atoms with Gasteiger partial charge in [-0.15, -0.1) is 6.58 Å². The molecule has 1 saturated heterocycles. The number of anilines is 1. The first kappa shape index (κ1) is 21.8. The third kappa shape index (κ3) is 4.80. The smallest absolute Gasteiger partial charge is 0.272 e. The molecule has 7 nitrogen and oxygen atoms in total. The number of hydrogen-bond acceptors (Lipinski definition) is 6. The first-order valence-corrected chi connectivity index (χ1v) is 11.5. The van der Waals surface area contributed by atoms with Crippen LogP contribution in [0.5, 0.6) is 0 Å². The summed E-state index contributed by atoms with van der Waals surface area (Å²) in [7, 11) is -4.13. The van der Waals surface area contributed by atoms with Crippen molar-refractivity contribution in [3.05, 3.63) is 72.8 Å². The quantitative estimate of drug-likeness (QED) is 0.663. The second-order valence-electron chi connectivity index (χ2n) is 6.56. The van der Waals surface area contributed by atoms with Gasteiger partial charge < -0.3 is 5.32 Å². The third-order valence-corrected chi connectivity index (χ3v) is 7.23. The fourth-order valence-electron chi connectivity index (χ4n) is 2.76. The molecule has 1 aliphatic heterocycles. The highest BCUT2D eigenvalue weighted by atomic mass is 32.2. The van der Waals surface area contributed by atoms with Crippen LogP contribution in [0.3, 0.4) is 0 Å². The van der Waals surface area contributed by atoms with E-state index < -0.39 is 21.2 Å². The molecule has 0 aliphatic carbocycles. The number of carbonyl (C=O) groups is 2. The van der Waals surface area contributed by atoms with Crippen LogP contribution < -0.4 is 5.32 Å². The van der Waals surface area contributed by atoms with E-state index in [0.29, 0.717) is 9.99 Å². The molecule has 1 heterocycles. The largest absolute Gasteiger partial charge is 0.326 e. The van der Waals surface area contributed by atoms with E-state index in [-0.39, 0.29) is 28.9 Å². The minimum absolute atomic E-state index is 0.0185. The predicted octanol–water partition coefficient (Wildman–Crippen LogP) is 3.20. The number of amides is 2. The molecule has 1 fully saturated rings. The van der Waals surface area contributed by atoms with Crippen LogP contribution in [0.2, 0.25) is 0 Å². The standard InChI is InChI=1S/C21H21N3O4S2/c1-3-13-22-21-24(30(27,28)17-7-5-4-6-8-17)20(26)18(29-21)14-19(25)23-16-11-9-15(2)10-12-16/h3-12,18H,1,13-14H2,2H3,(H,23,25)/t18-/m0/s1. The number of rotatable bonds is 7. The molecule has 156 valence electrons. The number of thioether (sulfide) groups is 1. The monoisotopic (exact) mass is 443 g/mol. The Bertz CT molecular complexity index is 1080. The number of benzene rings is 2. The Balaban J connectivity index is 1.82. The van der Waals surface area contributed by atoms with E-state index in [1.54, 1.807) is 30.3 Å². The molecule has 0 aromatic heterocycles. The van der Waals surface area contributed by atoms with Crippen molar-refractivity contribution in [1.82, 2.24) is 4.31 Å². The summed E-state index contributed by atoms with van der Waals surface area (Å²) in [5, 5.41) is 1.88. The molecule has 30 heavy (non-hydrogen) atoms. The minimum atomic E-state index is -4.13. The average Bonchev–Trinajstić information content (AvgIpc) is 3.04. The van der Waals surface area contributed by atoms with Crippen LogP contribution in [0.1, 0.15) is 12.0 Å². The molecule has 0 spiro atoms. The SMILES string of the molecule is C=CCN=C1S[C@@H](CC(=O)Nc2ccc(C)cc2)C(=O)N1S(=O)(=O)c1ccccc1. The number of hydrogen-bond donors (Lipinski definition) is 1. The molecular weight excluding hydrogens is 422 g/mol. The highest BCUT2D eigenvalue weighted by Crippen LogP contribution is 2.34. The molecule has 3 rings (SSSR count). The second kappa shape index (κ2) is 9.27. The van der Waals surface area contributed by atoms with E-state index in [9.17, 15) is 18.0 Å². The summed E-state index contributed by atoms with van der Waals surface area (Å²) >= 11 is 0.968. The van der Waals surface area contributed by atoms with Crippen LogP contribution >= 0.6 is 11.8 Å². The van der Waals surface area contributed by atoms with E-state index >= 15 is 0 Å². The molecule has 0 unspecified atom stereocenters. The van der Waals surface area contributed by atoms with Gasteiger partial charge in [0.25, 0.3) is 15.9 Å². The topological polar surface area (TPSA) is 95.9 Å². The number of aliphatic imine (C=N–C) groups is 1. The van der Waals surface area contributed by atoms with Gasteiger partial charge in [-0.2, -0.15) is 4.31 Å². The maximum absolute atomic E-state index is 13.1. The number of nitrogens with one attached hydrogen (secondary N) is 1. The zero-order chi connectivity index (χ0) is 21.7. The van der Waals surface area contributed by atoms with Gasteiger partial charge in [0.1, 0.15) is 5.25 Å². The van der Waals surface area contributed by atoms with Crippen LogP contribution in [-0.4, -0.2) is 41.5 Å². The lowest BCUT2D eigenvalue weighted by Gasteiger charge is -2.16. The van der Waals surface area contributed by atoms with Crippen molar-refractivity contribution in [2.24, 2.45) is 4.99 Å². The summed E-state index contributed by atoms with van der Waals surface area (Å²) in [4.78, 5) is 29.6. The van der Waals surface area contributed by atoms with E-state index in [2.05, 4.69) is 16.9 Å². The summed E-state index contributed by atoms with van der Waals surface area (Å²) in [6, 6.07) is 14.9. The van der Waals surface area contributed by atoms with Gasteiger partial charge in [0.05, 0.1) is 11.4 Å². The maximum atomic E-state index is 13.1. The van der Waals surface area contributed by atoms with Crippen LogP contribution in [0.25, 0.3) is 0 Å². The Morgan fingerprint density at radius 1 is 1.20 bits per heavy atom. The maximum Gasteiger partial charge on any atom is 0.272 e. The van der Waals surface area contributed by atoms with Gasteiger partial charge in [0.15, 0.2) is 5.17 Å². The zero-order valence-corrected chi connectivity index (χ0v) is 17.9. The highest BCUT2D eigenvalue weighted by molar-refractivity contribution is 8.17. The molecule has 0 bridgehead atoms. The van der Waals surface area contributed by atoms with Gasteiger partial charge in [-0.25, -0.2) is 8.42 Å². The number of carbonyl (C=O) groups excluding carboxylic acids is 2. The summed E-state index contributed by atoms with van der Waals surface area (Å²) in [6.45, 7) is 5.66. The van der Waals surface area contributed by atoms with E-state index in [1.165, 1.54) is 18.2 Å². The molecule has 1 aliphatic rings. The van der Waals surface area contributed by atoms with Crippen LogP contribution in [0.4, 0.5) is 5.69 Å². The highest BCUT2D eigenvalue weighted by Gasteiger charge is 2.46. The second-order valence-corrected chi connectivity index (χ2v) is 9.51. The Labute approximate surface area is 179 Å². The van der Waals surface area contributed by atoms with Gasteiger partial charge in [-0.3, -0.25) is 14.6 Å². The minimum Gasteiger partial charge on any atom is -0.326 e. The van der Waals surface area contributed by atoms with E-state index in [1.807, 2.05) is 19.1 Å². The van der Waals surface area contributed by atoms with Gasteiger partial charge in [0, 0.05) is 12.1 Å². The lowest BCUT2D eigenvalue weighted by atomic mass is 10.2. The van der Waals surface area contributed by atoms with Crippen molar-refractivity contribution in [1.29, 1.82) is 0 Å². The van der Waals surface area contributed by atoms with Crippen molar-refractivity contribution in [2.75, 3.05) is 11.9 Å². The lowest BCUT2D eigenvalue weighted by molar-refractivity contribution is -0.125. The van der Waals surface area contributed by atoms with E-state index in [4.69, 9.17) is 0 Å². The molecule has 2 amide bonds. The van der Waals surface area contributed by atoms with Crippen molar-refractivity contribution in [3.63, 3.8) is 0 Å². The van der Waals surface area contributed by atoms with Crippen molar-refractivity contribution < 1.29 is 18.0 Å². The average molecular weight is 444 g/mol. The fraction of sp³-hybridized carbons (Fsp3) is 0.190. The van der Waals surface area contributed by atoms with Gasteiger partial charge in [-0.05, 0) is 31.2 Å². The van der Waals surface area contributed by atoms with E-state index in [0.717, 1.165) is 17.3 Å². The van der Waals surface area contributed by atoms with Crippen molar-refractivity contribution >= 4 is 44.5 Å². The molecule has 1 N–H and O–H groups in total. The number of amidine groups is 1. The molecule has 1 atom stereocenters. The molecule has 2 aromatic carbocycles. The summed E-state index contributed by atoms with van der Waals surface area (Å²) in [6.07, 6.45) is 1.33. The van der Waals surface area contributed by atoms with Gasteiger partial charge in [-0.1, -0.05) is 53.7 Å². The normalized spacial score (nSPS) is 17.9. The lowest BCUT2D eigenvalue weighted by Crippen LogP contribution is -2.38. The molecular formula is C21H21N3O4S2. The molecule has 0 saturated carbocycles. The Morgan fingerprint density at radius 2 is 1.87 bits per heavy atom. The first-order valence-electron chi connectivity index (χ1n) is 9.15. The number of nitrogens with zero attached hydrogens (tertiary/aromatic N) is 2. The molecule has 2 aromatic rings. The summed E-state index contributed by atoms with van der Waals surface area (Å²) in [5.41, 5.74) is 1.66. The molecule has 0 radical (unpaired) electrons. The summed E-state index contributed by atoms with van der Waals surface area (Å²) < 4.78 is 26.8. The molecule has 9 heteroatoms. The zero-order valence-electron chi connectivity index (χ0n) is 16.3. The van der Waals surface area contributed by atoms with Gasteiger partial charge in [0.2, 0.25) is 5.91 Å². The number of aryl methyl sites for hydroxylation is 1. The first-order chi connectivity index (χ1) is 14.3. The van der Waals surface area contributed by atoms with Crippen molar-refractivity contribution in [2.45, 2.75) is 23.5 Å².